The maximum Gasteiger partial charge on any atom is 0.317 e. The van der Waals surface area contributed by atoms with E-state index in [0.29, 0.717) is 18.9 Å². The second-order valence-electron chi connectivity index (χ2n) is 6.37. The largest absolute Gasteiger partial charge is 0.493 e. The smallest absolute Gasteiger partial charge is 0.317 e. The summed E-state index contributed by atoms with van der Waals surface area (Å²) in [5.74, 6) is 0.465. The molecule has 6 heteroatoms. The van der Waals surface area contributed by atoms with Crippen LogP contribution in [0.5, 0.6) is 5.75 Å². The van der Waals surface area contributed by atoms with E-state index in [1.807, 2.05) is 18.2 Å². The molecule has 2 heterocycles. The molecule has 0 amide bonds. The van der Waals surface area contributed by atoms with Crippen LogP contribution in [0.2, 0.25) is 0 Å². The topological polar surface area (TPSA) is 55.8 Å². The van der Waals surface area contributed by atoms with Gasteiger partial charge < -0.3 is 14.4 Å². The van der Waals surface area contributed by atoms with E-state index in [-0.39, 0.29) is 18.2 Å². The Morgan fingerprint density at radius 1 is 1.38 bits per heavy atom. The first-order valence-corrected chi connectivity index (χ1v) is 8.21. The summed E-state index contributed by atoms with van der Waals surface area (Å²) in [5, 5.41) is 0. The lowest BCUT2D eigenvalue weighted by molar-refractivity contribution is -0.151. The van der Waals surface area contributed by atoms with Gasteiger partial charge in [-0.15, -0.1) is 12.4 Å². The van der Waals surface area contributed by atoms with Gasteiger partial charge in [0, 0.05) is 19.5 Å². The van der Waals surface area contributed by atoms with Crippen molar-refractivity contribution in [3.05, 3.63) is 29.8 Å². The number of fused-ring (bicyclic) bond motifs is 1. The number of ketones is 1. The van der Waals surface area contributed by atoms with Gasteiger partial charge in [-0.1, -0.05) is 18.2 Å². The monoisotopic (exact) mass is 353 g/mol. The molecule has 24 heavy (non-hydrogen) atoms. The number of halogens is 1. The lowest BCUT2D eigenvalue weighted by Crippen LogP contribution is -2.45. The summed E-state index contributed by atoms with van der Waals surface area (Å²) in [6, 6.07) is 8.18. The minimum atomic E-state index is -0.614. The van der Waals surface area contributed by atoms with Crippen molar-refractivity contribution in [2.75, 3.05) is 33.4 Å². The molecule has 0 spiro atoms. The minimum absolute atomic E-state index is 0. The molecule has 2 unspecified atom stereocenters. The molecule has 5 nitrogen and oxygen atoms in total. The van der Waals surface area contributed by atoms with Gasteiger partial charge in [0.1, 0.15) is 17.5 Å². The number of methoxy groups -OCH3 is 1. The molecule has 1 fully saturated rings. The second-order valence-corrected chi connectivity index (χ2v) is 6.37. The van der Waals surface area contributed by atoms with E-state index in [1.165, 1.54) is 12.7 Å². The van der Waals surface area contributed by atoms with E-state index in [2.05, 4.69) is 11.0 Å². The standard InChI is InChI=1S/C18H23NO4.ClH/c1-22-18(21)15-11-19(9-7-16(15)20)8-6-13-10-14-4-2-3-5-17(14)23-12-13;/h2-5,13,15H,6-12H2,1H3;1H. The van der Waals surface area contributed by atoms with Crippen molar-refractivity contribution in [1.82, 2.24) is 4.90 Å². The maximum atomic E-state index is 11.8. The van der Waals surface area contributed by atoms with Crippen molar-refractivity contribution in [3.63, 3.8) is 0 Å². The first-order valence-electron chi connectivity index (χ1n) is 8.21. The highest BCUT2D eigenvalue weighted by molar-refractivity contribution is 5.99. The molecule has 1 aromatic carbocycles. The Kier molecular flexibility index (Phi) is 6.63. The minimum Gasteiger partial charge on any atom is -0.493 e. The Balaban J connectivity index is 0.00000208. The highest BCUT2D eigenvalue weighted by Gasteiger charge is 2.33. The van der Waals surface area contributed by atoms with Gasteiger partial charge in [-0.05, 0) is 36.9 Å². The number of hydrogen-bond acceptors (Lipinski definition) is 5. The van der Waals surface area contributed by atoms with E-state index < -0.39 is 11.9 Å². The van der Waals surface area contributed by atoms with Gasteiger partial charge in [0.2, 0.25) is 0 Å². The number of para-hydroxylation sites is 1. The van der Waals surface area contributed by atoms with E-state index in [4.69, 9.17) is 9.47 Å². The normalized spacial score (nSPS) is 23.6. The predicted molar refractivity (Wildman–Crippen MR) is 92.6 cm³/mol. The number of ether oxygens (including phenoxy) is 2. The zero-order chi connectivity index (χ0) is 16.2. The van der Waals surface area contributed by atoms with Crippen molar-refractivity contribution in [3.8, 4) is 5.75 Å². The van der Waals surface area contributed by atoms with Crippen LogP contribution < -0.4 is 4.74 Å². The van der Waals surface area contributed by atoms with E-state index >= 15 is 0 Å². The molecule has 0 saturated carbocycles. The molecule has 132 valence electrons. The fraction of sp³-hybridized carbons (Fsp3) is 0.556. The van der Waals surface area contributed by atoms with Crippen molar-refractivity contribution in [1.29, 1.82) is 0 Å². The van der Waals surface area contributed by atoms with Gasteiger partial charge >= 0.3 is 5.97 Å². The molecule has 0 aliphatic carbocycles. The van der Waals surface area contributed by atoms with Gasteiger partial charge in [-0.3, -0.25) is 9.59 Å². The predicted octanol–water partition coefficient (Wildman–Crippen LogP) is 2.11. The van der Waals surface area contributed by atoms with Gasteiger partial charge in [0.25, 0.3) is 0 Å². The summed E-state index contributed by atoms with van der Waals surface area (Å²) in [6.45, 7) is 2.84. The fourth-order valence-corrected chi connectivity index (χ4v) is 3.39. The third-order valence-corrected chi connectivity index (χ3v) is 4.80. The van der Waals surface area contributed by atoms with Crippen LogP contribution in [0, 0.1) is 11.8 Å². The van der Waals surface area contributed by atoms with Crippen LogP contribution in [0.25, 0.3) is 0 Å². The van der Waals surface area contributed by atoms with E-state index in [9.17, 15) is 9.59 Å². The Labute approximate surface area is 148 Å². The number of esters is 1. The first-order chi connectivity index (χ1) is 11.2. The van der Waals surface area contributed by atoms with Crippen LogP contribution in [-0.2, 0) is 20.7 Å². The summed E-state index contributed by atoms with van der Waals surface area (Å²) in [5.41, 5.74) is 1.27. The average molecular weight is 354 g/mol. The highest BCUT2D eigenvalue weighted by atomic mass is 35.5. The number of hydrogen-bond donors (Lipinski definition) is 0. The maximum absolute atomic E-state index is 11.8. The molecule has 3 rings (SSSR count). The van der Waals surface area contributed by atoms with Gasteiger partial charge in [0.05, 0.1) is 13.7 Å². The Bertz CT molecular complexity index is 584. The Morgan fingerprint density at radius 3 is 2.96 bits per heavy atom. The molecule has 2 atom stereocenters. The summed E-state index contributed by atoms with van der Waals surface area (Å²) in [6.07, 6.45) is 2.48. The number of likely N-dealkylation sites (tertiary alicyclic amines) is 1. The zero-order valence-corrected chi connectivity index (χ0v) is 14.7. The molecule has 1 saturated heterocycles. The van der Waals surface area contributed by atoms with Crippen LogP contribution in [0.3, 0.4) is 0 Å². The first kappa shape index (κ1) is 18.7. The number of benzene rings is 1. The molecule has 0 N–H and O–H groups in total. The van der Waals surface area contributed by atoms with Gasteiger partial charge in [0.15, 0.2) is 0 Å². The summed E-state index contributed by atoms with van der Waals surface area (Å²) < 4.78 is 10.6. The number of rotatable bonds is 4. The lowest BCUT2D eigenvalue weighted by atomic mass is 9.92. The molecule has 2 aliphatic rings. The van der Waals surface area contributed by atoms with Crippen LogP contribution in [0.4, 0.5) is 0 Å². The number of nitrogens with zero attached hydrogens (tertiary/aromatic N) is 1. The molecular weight excluding hydrogens is 330 g/mol. The van der Waals surface area contributed by atoms with Crippen molar-refractivity contribution in [2.24, 2.45) is 11.8 Å². The highest BCUT2D eigenvalue weighted by Crippen LogP contribution is 2.28. The van der Waals surface area contributed by atoms with Crippen LogP contribution in [0.15, 0.2) is 24.3 Å². The third-order valence-electron chi connectivity index (χ3n) is 4.80. The van der Waals surface area contributed by atoms with Crippen molar-refractivity contribution >= 4 is 24.2 Å². The SMILES string of the molecule is COC(=O)C1CN(CCC2COc3ccccc3C2)CCC1=O.Cl. The van der Waals surface area contributed by atoms with Gasteiger partial charge in [-0.2, -0.15) is 0 Å². The Hall–Kier alpha value is -1.59. The number of Topliss-reactive ketones (excluding diaryl/α,β-unsaturated/α-hetero) is 1. The lowest BCUT2D eigenvalue weighted by Gasteiger charge is -2.32. The molecule has 2 aliphatic heterocycles. The quantitative estimate of drug-likeness (QED) is 0.613. The molecule has 1 aromatic rings. The van der Waals surface area contributed by atoms with Crippen LogP contribution in [0.1, 0.15) is 18.4 Å². The summed E-state index contributed by atoms with van der Waals surface area (Å²) in [4.78, 5) is 25.7. The van der Waals surface area contributed by atoms with Crippen LogP contribution >= 0.6 is 12.4 Å². The van der Waals surface area contributed by atoms with E-state index in [1.54, 1.807) is 0 Å². The van der Waals surface area contributed by atoms with E-state index in [0.717, 1.165) is 38.3 Å². The molecular formula is C18H24ClNO4. The van der Waals surface area contributed by atoms with Crippen molar-refractivity contribution in [2.45, 2.75) is 19.3 Å². The average Bonchev–Trinajstić information content (AvgIpc) is 2.60. The second kappa shape index (κ2) is 8.49. The van der Waals surface area contributed by atoms with Gasteiger partial charge in [-0.25, -0.2) is 0 Å². The number of piperidine rings is 1. The molecule has 0 aromatic heterocycles. The molecule has 0 radical (unpaired) electrons. The zero-order valence-electron chi connectivity index (χ0n) is 13.9. The fourth-order valence-electron chi connectivity index (χ4n) is 3.39. The number of carbonyl (C=O) groups excluding carboxylic acids is 2. The van der Waals surface area contributed by atoms with Crippen LogP contribution in [-0.4, -0.2) is 50.0 Å². The number of carbonyl (C=O) groups is 2. The Morgan fingerprint density at radius 2 is 2.17 bits per heavy atom. The summed E-state index contributed by atoms with van der Waals surface area (Å²) >= 11 is 0. The third kappa shape index (κ3) is 4.28. The summed E-state index contributed by atoms with van der Waals surface area (Å²) in [7, 11) is 1.34. The van der Waals surface area contributed by atoms with Crippen molar-refractivity contribution < 1.29 is 19.1 Å². The molecule has 0 bridgehead atoms.